The second-order valence-corrected chi connectivity index (χ2v) is 5.16. The number of hydrogen-bond donors (Lipinski definition) is 0. The Labute approximate surface area is 124 Å². The summed E-state index contributed by atoms with van der Waals surface area (Å²) in [6.45, 7) is 6.84. The summed E-state index contributed by atoms with van der Waals surface area (Å²) in [4.78, 5) is 36.4. The maximum absolute atomic E-state index is 12.1. The Morgan fingerprint density at radius 3 is 2.43 bits per heavy atom. The van der Waals surface area contributed by atoms with Crippen molar-refractivity contribution in [3.63, 3.8) is 0 Å². The molecule has 7 nitrogen and oxygen atoms in total. The van der Waals surface area contributed by atoms with Gasteiger partial charge in [-0.2, -0.15) is 0 Å². The summed E-state index contributed by atoms with van der Waals surface area (Å²) in [6.07, 6.45) is -0.391. The number of nitrogens with zero attached hydrogens (tertiary/aromatic N) is 1. The van der Waals surface area contributed by atoms with Crippen molar-refractivity contribution in [1.82, 2.24) is 4.90 Å². The van der Waals surface area contributed by atoms with E-state index in [4.69, 9.17) is 14.2 Å². The smallest absolute Gasteiger partial charge is 0.410 e. The molecule has 0 aromatic carbocycles. The van der Waals surface area contributed by atoms with Crippen molar-refractivity contribution >= 4 is 18.0 Å². The van der Waals surface area contributed by atoms with Crippen LogP contribution < -0.4 is 0 Å². The molecule has 2 atom stereocenters. The molecule has 120 valence electrons. The van der Waals surface area contributed by atoms with E-state index >= 15 is 0 Å². The molecule has 0 saturated carbocycles. The minimum absolute atomic E-state index is 0.135. The molecule has 21 heavy (non-hydrogen) atoms. The number of amides is 1. The zero-order valence-corrected chi connectivity index (χ0v) is 13.0. The van der Waals surface area contributed by atoms with E-state index in [2.05, 4.69) is 0 Å². The Morgan fingerprint density at radius 2 is 1.90 bits per heavy atom. The molecule has 1 rings (SSSR count). The summed E-state index contributed by atoms with van der Waals surface area (Å²) in [5, 5.41) is 0. The summed E-state index contributed by atoms with van der Waals surface area (Å²) in [7, 11) is 0. The zero-order chi connectivity index (χ0) is 16.0. The molecule has 0 radical (unpaired) electrons. The van der Waals surface area contributed by atoms with Gasteiger partial charge in [-0.1, -0.05) is 0 Å². The predicted octanol–water partition coefficient (Wildman–Crippen LogP) is 1.49. The lowest BCUT2D eigenvalue weighted by Gasteiger charge is -2.37. The van der Waals surface area contributed by atoms with Crippen LogP contribution >= 0.6 is 0 Å². The van der Waals surface area contributed by atoms with Crippen LogP contribution in [0.5, 0.6) is 0 Å². The molecular weight excluding hydrogens is 278 g/mol. The summed E-state index contributed by atoms with van der Waals surface area (Å²) in [5.74, 6) is -0.869. The van der Waals surface area contributed by atoms with Crippen molar-refractivity contribution in [2.24, 2.45) is 0 Å². The van der Waals surface area contributed by atoms with Gasteiger partial charge in [-0.15, -0.1) is 0 Å². The van der Waals surface area contributed by atoms with Crippen LogP contribution in [0.1, 0.15) is 40.5 Å². The van der Waals surface area contributed by atoms with E-state index in [0.29, 0.717) is 12.8 Å². The van der Waals surface area contributed by atoms with Gasteiger partial charge in [0.25, 0.3) is 0 Å². The lowest BCUT2D eigenvalue weighted by Crippen LogP contribution is -2.53. The van der Waals surface area contributed by atoms with Crippen LogP contribution in [0.3, 0.4) is 0 Å². The van der Waals surface area contributed by atoms with Crippen LogP contribution in [0.2, 0.25) is 0 Å². The molecule has 1 aliphatic rings. The normalized spacial score (nSPS) is 21.9. The molecule has 1 heterocycles. The number of ether oxygens (including phenoxy) is 3. The van der Waals surface area contributed by atoms with Gasteiger partial charge < -0.3 is 14.2 Å². The van der Waals surface area contributed by atoms with Crippen molar-refractivity contribution in [3.8, 4) is 0 Å². The van der Waals surface area contributed by atoms with Crippen LogP contribution in [0.25, 0.3) is 0 Å². The standard InChI is InChI=1S/C14H23NO6/c1-5-19-14(18)15-8-11(21-10(4)16)6-7-12(15)13(17)20-9(2)3/h9,11-12H,5-8H2,1-4H3/t11-,12+/m1/s1. The molecule has 0 bridgehead atoms. The molecular formula is C14H23NO6. The van der Waals surface area contributed by atoms with Gasteiger partial charge in [-0.3, -0.25) is 9.69 Å². The highest BCUT2D eigenvalue weighted by atomic mass is 16.6. The Balaban J connectivity index is 2.79. The first-order valence-electron chi connectivity index (χ1n) is 7.16. The second-order valence-electron chi connectivity index (χ2n) is 5.16. The van der Waals surface area contributed by atoms with Gasteiger partial charge in [0.2, 0.25) is 0 Å². The third-order valence-electron chi connectivity index (χ3n) is 3.00. The quantitative estimate of drug-likeness (QED) is 0.578. The summed E-state index contributed by atoms with van der Waals surface area (Å²) in [5.41, 5.74) is 0. The predicted molar refractivity (Wildman–Crippen MR) is 73.5 cm³/mol. The minimum atomic E-state index is -0.696. The van der Waals surface area contributed by atoms with Crippen LogP contribution in [0.4, 0.5) is 4.79 Å². The highest BCUT2D eigenvalue weighted by Crippen LogP contribution is 2.22. The van der Waals surface area contributed by atoms with Crippen LogP contribution in [0, 0.1) is 0 Å². The lowest BCUT2D eigenvalue weighted by molar-refractivity contribution is -0.159. The number of carbonyl (C=O) groups excluding carboxylic acids is 3. The average molecular weight is 301 g/mol. The third kappa shape index (κ3) is 5.24. The Morgan fingerprint density at radius 1 is 1.24 bits per heavy atom. The molecule has 1 saturated heterocycles. The summed E-state index contributed by atoms with van der Waals surface area (Å²) < 4.78 is 15.2. The zero-order valence-electron chi connectivity index (χ0n) is 13.0. The molecule has 0 aliphatic carbocycles. The second kappa shape index (κ2) is 7.85. The van der Waals surface area contributed by atoms with Crippen LogP contribution in [0.15, 0.2) is 0 Å². The van der Waals surface area contributed by atoms with Crippen LogP contribution in [-0.2, 0) is 23.8 Å². The Hall–Kier alpha value is -1.79. The van der Waals surface area contributed by atoms with Crippen molar-refractivity contribution in [3.05, 3.63) is 0 Å². The Kier molecular flexibility index (Phi) is 6.45. The fraction of sp³-hybridized carbons (Fsp3) is 0.786. The molecule has 0 spiro atoms. The number of esters is 2. The first-order valence-corrected chi connectivity index (χ1v) is 7.16. The molecule has 0 aromatic heterocycles. The number of carbonyl (C=O) groups is 3. The van der Waals surface area contributed by atoms with Crippen molar-refractivity contribution in [2.45, 2.75) is 58.8 Å². The highest BCUT2D eigenvalue weighted by Gasteiger charge is 2.39. The number of piperidine rings is 1. The maximum atomic E-state index is 12.1. The summed E-state index contributed by atoms with van der Waals surface area (Å²) >= 11 is 0. The maximum Gasteiger partial charge on any atom is 0.410 e. The van der Waals surface area contributed by atoms with E-state index in [1.165, 1.54) is 11.8 Å². The Bertz CT molecular complexity index is 395. The van der Waals surface area contributed by atoms with Gasteiger partial charge in [0.1, 0.15) is 12.1 Å². The molecule has 7 heteroatoms. The molecule has 0 unspecified atom stereocenters. The van der Waals surface area contributed by atoms with Gasteiger partial charge in [0.05, 0.1) is 19.3 Å². The van der Waals surface area contributed by atoms with Gasteiger partial charge in [-0.25, -0.2) is 9.59 Å². The van der Waals surface area contributed by atoms with Gasteiger partial charge >= 0.3 is 18.0 Å². The highest BCUT2D eigenvalue weighted by molar-refractivity contribution is 5.82. The van der Waals surface area contributed by atoms with E-state index < -0.39 is 30.2 Å². The topological polar surface area (TPSA) is 82.1 Å². The van der Waals surface area contributed by atoms with Crippen molar-refractivity contribution < 1.29 is 28.6 Å². The van der Waals surface area contributed by atoms with Crippen molar-refractivity contribution in [2.75, 3.05) is 13.2 Å². The average Bonchev–Trinajstić information content (AvgIpc) is 2.37. The van der Waals surface area contributed by atoms with E-state index in [1.807, 2.05) is 0 Å². The largest absolute Gasteiger partial charge is 0.461 e. The minimum Gasteiger partial charge on any atom is -0.461 e. The molecule has 1 amide bonds. The third-order valence-corrected chi connectivity index (χ3v) is 3.00. The molecule has 0 N–H and O–H groups in total. The number of hydrogen-bond acceptors (Lipinski definition) is 6. The van der Waals surface area contributed by atoms with Crippen molar-refractivity contribution in [1.29, 1.82) is 0 Å². The van der Waals surface area contributed by atoms with Gasteiger partial charge in [0, 0.05) is 6.92 Å². The first kappa shape index (κ1) is 17.3. The SMILES string of the molecule is CCOC(=O)N1C[C@H](OC(C)=O)CC[C@H]1C(=O)OC(C)C. The fourth-order valence-corrected chi connectivity index (χ4v) is 2.23. The molecule has 0 aromatic rings. The van der Waals surface area contributed by atoms with Gasteiger partial charge in [-0.05, 0) is 33.6 Å². The number of rotatable bonds is 4. The lowest BCUT2D eigenvalue weighted by atomic mass is 10.0. The van der Waals surface area contributed by atoms with Crippen LogP contribution in [-0.4, -0.2) is 54.3 Å². The molecule has 1 aliphatic heterocycles. The van der Waals surface area contributed by atoms with E-state index in [9.17, 15) is 14.4 Å². The monoisotopic (exact) mass is 301 g/mol. The molecule has 1 fully saturated rings. The summed E-state index contributed by atoms with van der Waals surface area (Å²) in [6, 6.07) is -0.696. The number of likely N-dealkylation sites (tertiary alicyclic amines) is 1. The fourth-order valence-electron chi connectivity index (χ4n) is 2.23. The van der Waals surface area contributed by atoms with E-state index in [0.717, 1.165) is 0 Å². The first-order chi connectivity index (χ1) is 9.85. The van der Waals surface area contributed by atoms with E-state index in [1.54, 1.807) is 20.8 Å². The van der Waals surface area contributed by atoms with Gasteiger partial charge in [0.15, 0.2) is 0 Å². The van der Waals surface area contributed by atoms with E-state index in [-0.39, 0.29) is 19.3 Å².